The van der Waals surface area contributed by atoms with Crippen molar-refractivity contribution < 1.29 is 9.47 Å². The van der Waals surface area contributed by atoms with Gasteiger partial charge in [0.1, 0.15) is 0 Å². The molecule has 3 nitrogen and oxygen atoms in total. The van der Waals surface area contributed by atoms with Gasteiger partial charge < -0.3 is 14.8 Å². The predicted octanol–water partition coefficient (Wildman–Crippen LogP) is 3.74. The predicted molar refractivity (Wildman–Crippen MR) is 81.0 cm³/mol. The van der Waals surface area contributed by atoms with Crippen LogP contribution in [0.5, 0.6) is 0 Å². The first kappa shape index (κ1) is 13.9. The summed E-state index contributed by atoms with van der Waals surface area (Å²) in [6.45, 7) is 3.74. The molecule has 3 rings (SSSR count). The molecule has 0 unspecified atom stereocenters. The normalized spacial score (nSPS) is 22.2. The quantitative estimate of drug-likeness (QED) is 0.908. The zero-order valence-corrected chi connectivity index (χ0v) is 12.4. The molecule has 1 saturated carbocycles. The molecule has 1 aromatic carbocycles. The molecule has 0 radical (unpaired) electrons. The van der Waals surface area contributed by atoms with Crippen LogP contribution in [0.2, 0.25) is 0 Å². The fourth-order valence-corrected chi connectivity index (χ4v) is 3.28. The lowest BCUT2D eigenvalue weighted by molar-refractivity contribution is -0.177. The molecule has 0 amide bonds. The van der Waals surface area contributed by atoms with Gasteiger partial charge in [-0.1, -0.05) is 25.5 Å². The highest BCUT2D eigenvalue weighted by atomic mass is 16.7. The van der Waals surface area contributed by atoms with Crippen molar-refractivity contribution in [2.75, 3.05) is 18.5 Å². The second-order valence-corrected chi connectivity index (χ2v) is 5.97. The van der Waals surface area contributed by atoms with Crippen molar-refractivity contribution in [1.29, 1.82) is 0 Å². The van der Waals surface area contributed by atoms with E-state index >= 15 is 0 Å². The van der Waals surface area contributed by atoms with E-state index in [-0.39, 0.29) is 5.79 Å². The van der Waals surface area contributed by atoms with Crippen LogP contribution in [-0.4, -0.2) is 25.0 Å². The maximum absolute atomic E-state index is 5.77. The van der Waals surface area contributed by atoms with E-state index in [9.17, 15) is 0 Å². The van der Waals surface area contributed by atoms with Crippen LogP contribution in [0.3, 0.4) is 0 Å². The summed E-state index contributed by atoms with van der Waals surface area (Å²) in [4.78, 5) is 0. The molecular formula is C17H25NO2. The molecule has 1 spiro atoms. The summed E-state index contributed by atoms with van der Waals surface area (Å²) >= 11 is 0. The van der Waals surface area contributed by atoms with Crippen molar-refractivity contribution in [3.8, 4) is 0 Å². The van der Waals surface area contributed by atoms with Crippen LogP contribution >= 0.6 is 0 Å². The van der Waals surface area contributed by atoms with Gasteiger partial charge in [0.05, 0.1) is 13.2 Å². The Bertz CT molecular complexity index is 413. The first-order chi connectivity index (χ1) is 9.80. The van der Waals surface area contributed by atoms with Gasteiger partial charge in [0, 0.05) is 24.6 Å². The SMILES string of the molecule is CCCc1ccc(NC2CCC3(CC2)OCCO3)cc1. The van der Waals surface area contributed by atoms with Crippen LogP contribution in [0.4, 0.5) is 5.69 Å². The van der Waals surface area contributed by atoms with E-state index in [1.54, 1.807) is 0 Å². The Balaban J connectivity index is 1.51. The molecule has 1 aromatic rings. The minimum atomic E-state index is -0.247. The fraction of sp³-hybridized carbons (Fsp3) is 0.647. The van der Waals surface area contributed by atoms with Crippen LogP contribution < -0.4 is 5.32 Å². The topological polar surface area (TPSA) is 30.5 Å². The molecule has 1 aliphatic carbocycles. The Morgan fingerprint density at radius 2 is 1.75 bits per heavy atom. The van der Waals surface area contributed by atoms with E-state index in [4.69, 9.17) is 9.47 Å². The molecule has 1 saturated heterocycles. The van der Waals surface area contributed by atoms with Gasteiger partial charge in [0.2, 0.25) is 0 Å². The average Bonchev–Trinajstić information content (AvgIpc) is 2.93. The smallest absolute Gasteiger partial charge is 0.168 e. The number of anilines is 1. The van der Waals surface area contributed by atoms with Gasteiger partial charge in [0.15, 0.2) is 5.79 Å². The maximum atomic E-state index is 5.77. The first-order valence-electron chi connectivity index (χ1n) is 7.93. The number of ether oxygens (including phenoxy) is 2. The Morgan fingerprint density at radius 1 is 1.10 bits per heavy atom. The minimum absolute atomic E-state index is 0.247. The summed E-state index contributed by atoms with van der Waals surface area (Å²) in [5, 5.41) is 3.65. The Hall–Kier alpha value is -1.06. The van der Waals surface area contributed by atoms with Crippen molar-refractivity contribution in [1.82, 2.24) is 0 Å². The number of hydrogen-bond donors (Lipinski definition) is 1. The van der Waals surface area contributed by atoms with Crippen molar-refractivity contribution in [2.45, 2.75) is 57.3 Å². The summed E-state index contributed by atoms with van der Waals surface area (Å²) < 4.78 is 11.5. The summed E-state index contributed by atoms with van der Waals surface area (Å²) in [5.74, 6) is -0.247. The molecule has 110 valence electrons. The molecule has 1 heterocycles. The van der Waals surface area contributed by atoms with Gasteiger partial charge in [-0.25, -0.2) is 0 Å². The maximum Gasteiger partial charge on any atom is 0.168 e. The van der Waals surface area contributed by atoms with E-state index < -0.39 is 0 Å². The molecule has 1 N–H and O–H groups in total. The number of benzene rings is 1. The molecule has 2 aliphatic rings. The van der Waals surface area contributed by atoms with Gasteiger partial charge in [-0.3, -0.25) is 0 Å². The second-order valence-electron chi connectivity index (χ2n) is 5.97. The second kappa shape index (κ2) is 6.15. The number of aryl methyl sites for hydroxylation is 1. The van der Waals surface area contributed by atoms with Crippen molar-refractivity contribution in [2.24, 2.45) is 0 Å². The molecule has 0 aromatic heterocycles. The lowest BCUT2D eigenvalue weighted by atomic mass is 9.90. The monoisotopic (exact) mass is 275 g/mol. The van der Waals surface area contributed by atoms with Crippen LogP contribution in [0.15, 0.2) is 24.3 Å². The largest absolute Gasteiger partial charge is 0.382 e. The van der Waals surface area contributed by atoms with Gasteiger partial charge in [-0.05, 0) is 37.0 Å². The number of rotatable bonds is 4. The summed E-state index contributed by atoms with van der Waals surface area (Å²) in [6.07, 6.45) is 6.64. The van der Waals surface area contributed by atoms with Gasteiger partial charge in [-0.2, -0.15) is 0 Å². The summed E-state index contributed by atoms with van der Waals surface area (Å²) in [5.41, 5.74) is 2.66. The number of nitrogens with one attached hydrogen (secondary N) is 1. The van der Waals surface area contributed by atoms with E-state index in [1.165, 1.54) is 24.1 Å². The Labute approximate surface area is 121 Å². The average molecular weight is 275 g/mol. The fourth-order valence-electron chi connectivity index (χ4n) is 3.28. The third kappa shape index (κ3) is 3.15. The van der Waals surface area contributed by atoms with Crippen LogP contribution in [0, 0.1) is 0 Å². The van der Waals surface area contributed by atoms with E-state index in [1.807, 2.05) is 0 Å². The standard InChI is InChI=1S/C17H25NO2/c1-2-3-14-4-6-15(7-5-14)18-16-8-10-17(11-9-16)19-12-13-20-17/h4-7,16,18H,2-3,8-13H2,1H3. The summed E-state index contributed by atoms with van der Waals surface area (Å²) in [7, 11) is 0. The lowest BCUT2D eigenvalue weighted by Gasteiger charge is -2.36. The Kier molecular flexibility index (Phi) is 4.27. The summed E-state index contributed by atoms with van der Waals surface area (Å²) in [6, 6.07) is 9.43. The molecule has 0 atom stereocenters. The van der Waals surface area contributed by atoms with Gasteiger partial charge >= 0.3 is 0 Å². The van der Waals surface area contributed by atoms with Crippen molar-refractivity contribution in [3.63, 3.8) is 0 Å². The third-order valence-electron chi connectivity index (χ3n) is 4.42. The van der Waals surface area contributed by atoms with Crippen molar-refractivity contribution in [3.05, 3.63) is 29.8 Å². The zero-order chi connectivity index (χ0) is 13.8. The van der Waals surface area contributed by atoms with Gasteiger partial charge in [0.25, 0.3) is 0 Å². The van der Waals surface area contributed by atoms with Gasteiger partial charge in [-0.15, -0.1) is 0 Å². The third-order valence-corrected chi connectivity index (χ3v) is 4.42. The highest BCUT2D eigenvalue weighted by molar-refractivity contribution is 5.45. The zero-order valence-electron chi connectivity index (χ0n) is 12.4. The highest BCUT2D eigenvalue weighted by Gasteiger charge is 2.40. The van der Waals surface area contributed by atoms with Crippen LogP contribution in [-0.2, 0) is 15.9 Å². The Morgan fingerprint density at radius 3 is 2.35 bits per heavy atom. The van der Waals surface area contributed by atoms with E-state index in [0.29, 0.717) is 6.04 Å². The molecular weight excluding hydrogens is 250 g/mol. The van der Waals surface area contributed by atoms with E-state index in [2.05, 4.69) is 36.5 Å². The van der Waals surface area contributed by atoms with Crippen molar-refractivity contribution >= 4 is 5.69 Å². The molecule has 20 heavy (non-hydrogen) atoms. The van der Waals surface area contributed by atoms with Crippen LogP contribution in [0.25, 0.3) is 0 Å². The number of hydrogen-bond acceptors (Lipinski definition) is 3. The van der Waals surface area contributed by atoms with Crippen LogP contribution in [0.1, 0.15) is 44.6 Å². The first-order valence-corrected chi connectivity index (χ1v) is 7.93. The molecule has 2 fully saturated rings. The highest BCUT2D eigenvalue weighted by Crippen LogP contribution is 2.36. The molecule has 0 bridgehead atoms. The minimum Gasteiger partial charge on any atom is -0.382 e. The van der Waals surface area contributed by atoms with E-state index in [0.717, 1.165) is 38.9 Å². The molecule has 1 aliphatic heterocycles. The lowest BCUT2D eigenvalue weighted by Crippen LogP contribution is -2.39. The molecule has 3 heteroatoms.